The lowest BCUT2D eigenvalue weighted by molar-refractivity contribution is -0.136. The highest BCUT2D eigenvalue weighted by atomic mass is 16.5. The van der Waals surface area contributed by atoms with Crippen molar-refractivity contribution in [3.63, 3.8) is 0 Å². The Morgan fingerprint density at radius 1 is 1.10 bits per heavy atom. The first-order valence-corrected chi connectivity index (χ1v) is 10.8. The molecule has 1 N–H and O–H groups in total. The molecule has 0 bridgehead atoms. The van der Waals surface area contributed by atoms with Crippen LogP contribution in [0, 0.1) is 5.92 Å². The number of likely N-dealkylation sites (tertiary alicyclic amines) is 1. The molecular formula is C20H31N5O4. The van der Waals surface area contributed by atoms with Crippen molar-refractivity contribution < 1.29 is 19.4 Å². The van der Waals surface area contributed by atoms with Crippen molar-refractivity contribution in [2.75, 3.05) is 39.4 Å². The second kappa shape index (κ2) is 8.79. The maximum atomic E-state index is 12.5. The van der Waals surface area contributed by atoms with Gasteiger partial charge in [0.15, 0.2) is 5.69 Å². The van der Waals surface area contributed by atoms with Crippen molar-refractivity contribution in [1.29, 1.82) is 0 Å². The minimum absolute atomic E-state index is 0.154. The third-order valence-electron chi connectivity index (χ3n) is 6.50. The van der Waals surface area contributed by atoms with Gasteiger partial charge in [-0.15, -0.1) is 5.10 Å². The molecule has 29 heavy (non-hydrogen) atoms. The average molecular weight is 405 g/mol. The van der Waals surface area contributed by atoms with Crippen LogP contribution in [0.2, 0.25) is 0 Å². The second-order valence-corrected chi connectivity index (χ2v) is 8.67. The molecule has 0 unspecified atom stereocenters. The fourth-order valence-electron chi connectivity index (χ4n) is 4.62. The summed E-state index contributed by atoms with van der Waals surface area (Å²) in [7, 11) is 0. The Bertz CT molecular complexity index is 716. The number of ether oxygens (including phenoxy) is 1. The lowest BCUT2D eigenvalue weighted by atomic mass is 9.90. The van der Waals surface area contributed by atoms with E-state index in [2.05, 4.69) is 10.3 Å². The van der Waals surface area contributed by atoms with Crippen molar-refractivity contribution in [2.45, 2.75) is 57.1 Å². The summed E-state index contributed by atoms with van der Waals surface area (Å²) in [5.41, 5.74) is -0.642. The lowest BCUT2D eigenvalue weighted by Crippen LogP contribution is -2.49. The summed E-state index contributed by atoms with van der Waals surface area (Å²) in [4.78, 5) is 28.6. The molecule has 3 fully saturated rings. The van der Waals surface area contributed by atoms with Crippen molar-refractivity contribution in [3.05, 3.63) is 11.9 Å². The van der Waals surface area contributed by atoms with E-state index in [4.69, 9.17) is 4.74 Å². The Labute approximate surface area is 171 Å². The van der Waals surface area contributed by atoms with Crippen LogP contribution in [0.4, 0.5) is 0 Å². The summed E-state index contributed by atoms with van der Waals surface area (Å²) < 4.78 is 6.82. The van der Waals surface area contributed by atoms with Crippen molar-refractivity contribution in [3.8, 4) is 0 Å². The minimum Gasteiger partial charge on any atom is -0.388 e. The van der Waals surface area contributed by atoms with E-state index in [9.17, 15) is 14.7 Å². The van der Waals surface area contributed by atoms with E-state index < -0.39 is 5.60 Å². The number of aliphatic hydroxyl groups is 1. The Morgan fingerprint density at radius 3 is 2.48 bits per heavy atom. The van der Waals surface area contributed by atoms with Crippen LogP contribution in [0.5, 0.6) is 0 Å². The SMILES string of the molecule is O=C(CC1CCCC1)N1CCC(O)(Cn2cc(C(=O)N3CCOCC3)nn2)CC1. The number of piperidine rings is 1. The van der Waals surface area contributed by atoms with Crippen LogP contribution < -0.4 is 0 Å². The summed E-state index contributed by atoms with van der Waals surface area (Å²) in [5, 5.41) is 19.0. The standard InChI is InChI=1S/C20H31N5O4/c26-18(13-16-3-1-2-4-16)23-7-5-20(28,6-8-23)15-25-14-17(21-22-25)19(27)24-9-11-29-12-10-24/h14,16,28H,1-13,15H2. The van der Waals surface area contributed by atoms with E-state index in [1.807, 2.05) is 4.90 Å². The van der Waals surface area contributed by atoms with Gasteiger partial charge in [0.1, 0.15) is 0 Å². The van der Waals surface area contributed by atoms with Crippen molar-refractivity contribution in [1.82, 2.24) is 24.8 Å². The molecule has 0 spiro atoms. The Hall–Kier alpha value is -2.00. The molecule has 9 heteroatoms. The highest BCUT2D eigenvalue weighted by Crippen LogP contribution is 2.30. The lowest BCUT2D eigenvalue weighted by Gasteiger charge is -2.38. The average Bonchev–Trinajstić information content (AvgIpc) is 3.40. The summed E-state index contributed by atoms with van der Waals surface area (Å²) in [6, 6.07) is 0. The largest absolute Gasteiger partial charge is 0.388 e. The Kier molecular flexibility index (Phi) is 6.15. The van der Waals surface area contributed by atoms with Crippen molar-refractivity contribution >= 4 is 11.8 Å². The van der Waals surface area contributed by atoms with Gasteiger partial charge in [0.25, 0.3) is 5.91 Å². The van der Waals surface area contributed by atoms with Gasteiger partial charge >= 0.3 is 0 Å². The van der Waals surface area contributed by atoms with E-state index in [1.54, 1.807) is 15.8 Å². The normalized spacial score (nSPS) is 22.8. The molecule has 1 aliphatic carbocycles. The molecule has 1 aromatic heterocycles. The fourth-order valence-corrected chi connectivity index (χ4v) is 4.62. The smallest absolute Gasteiger partial charge is 0.276 e. The molecule has 9 nitrogen and oxygen atoms in total. The molecule has 0 atom stereocenters. The van der Waals surface area contributed by atoms with Crippen LogP contribution in [0.25, 0.3) is 0 Å². The zero-order valence-corrected chi connectivity index (χ0v) is 17.0. The predicted molar refractivity (Wildman–Crippen MR) is 104 cm³/mol. The Morgan fingerprint density at radius 2 is 1.79 bits per heavy atom. The van der Waals surface area contributed by atoms with Crippen LogP contribution in [-0.2, 0) is 16.1 Å². The molecular weight excluding hydrogens is 374 g/mol. The van der Waals surface area contributed by atoms with Crippen LogP contribution in [0.1, 0.15) is 55.4 Å². The van der Waals surface area contributed by atoms with E-state index in [1.165, 1.54) is 25.7 Å². The van der Waals surface area contributed by atoms with E-state index >= 15 is 0 Å². The topological polar surface area (TPSA) is 101 Å². The zero-order valence-electron chi connectivity index (χ0n) is 17.0. The third-order valence-corrected chi connectivity index (χ3v) is 6.50. The monoisotopic (exact) mass is 405 g/mol. The van der Waals surface area contributed by atoms with E-state index in [0.717, 1.165) is 0 Å². The van der Waals surface area contributed by atoms with Crippen LogP contribution in [-0.4, -0.2) is 86.7 Å². The molecule has 3 aliphatic rings. The van der Waals surface area contributed by atoms with Gasteiger partial charge in [-0.2, -0.15) is 0 Å². The van der Waals surface area contributed by atoms with Gasteiger partial charge in [-0.1, -0.05) is 18.1 Å². The maximum absolute atomic E-state index is 12.5. The molecule has 2 aliphatic heterocycles. The number of morpholine rings is 1. The molecule has 4 rings (SSSR count). The molecule has 1 saturated carbocycles. The number of amides is 2. The van der Waals surface area contributed by atoms with Crippen LogP contribution in [0.15, 0.2) is 6.20 Å². The maximum Gasteiger partial charge on any atom is 0.276 e. The zero-order chi connectivity index (χ0) is 20.3. The summed E-state index contributed by atoms with van der Waals surface area (Å²) in [6.07, 6.45) is 8.09. The van der Waals surface area contributed by atoms with Gasteiger partial charge in [0.05, 0.1) is 31.6 Å². The summed E-state index contributed by atoms with van der Waals surface area (Å²) in [6.45, 7) is 3.60. The predicted octanol–water partition coefficient (Wildman–Crippen LogP) is 0.684. The second-order valence-electron chi connectivity index (χ2n) is 8.67. The van der Waals surface area contributed by atoms with Gasteiger partial charge in [-0.3, -0.25) is 9.59 Å². The number of carbonyl (C=O) groups excluding carboxylic acids is 2. The first kappa shape index (κ1) is 20.3. The molecule has 0 aromatic carbocycles. The number of hydrogen-bond acceptors (Lipinski definition) is 6. The Balaban J connectivity index is 1.28. The molecule has 160 valence electrons. The number of nitrogens with zero attached hydrogens (tertiary/aromatic N) is 5. The van der Waals surface area contributed by atoms with Crippen LogP contribution in [0.3, 0.4) is 0 Å². The van der Waals surface area contributed by atoms with Gasteiger partial charge in [-0.05, 0) is 31.6 Å². The van der Waals surface area contributed by atoms with Crippen molar-refractivity contribution in [2.24, 2.45) is 5.92 Å². The summed E-state index contributed by atoms with van der Waals surface area (Å²) >= 11 is 0. The molecule has 2 amide bonds. The quantitative estimate of drug-likeness (QED) is 0.773. The van der Waals surface area contributed by atoms with Gasteiger partial charge in [0, 0.05) is 32.6 Å². The number of aromatic nitrogens is 3. The number of rotatable bonds is 5. The highest BCUT2D eigenvalue weighted by Gasteiger charge is 2.35. The number of carbonyl (C=O) groups is 2. The number of hydrogen-bond donors (Lipinski definition) is 1. The van der Waals surface area contributed by atoms with Gasteiger partial charge in [-0.25, -0.2) is 4.68 Å². The minimum atomic E-state index is -0.933. The van der Waals surface area contributed by atoms with Gasteiger partial charge in [0.2, 0.25) is 5.91 Å². The van der Waals surface area contributed by atoms with E-state index in [0.29, 0.717) is 70.3 Å². The molecule has 3 heterocycles. The van der Waals surface area contributed by atoms with Gasteiger partial charge < -0.3 is 19.6 Å². The first-order chi connectivity index (χ1) is 14.0. The molecule has 1 aromatic rings. The van der Waals surface area contributed by atoms with Crippen LogP contribution >= 0.6 is 0 Å². The summed E-state index contributed by atoms with van der Waals surface area (Å²) in [5.74, 6) is 0.609. The molecule has 2 saturated heterocycles. The molecule has 0 radical (unpaired) electrons. The highest BCUT2D eigenvalue weighted by molar-refractivity contribution is 5.92. The fraction of sp³-hybridized carbons (Fsp3) is 0.800. The van der Waals surface area contributed by atoms with E-state index in [-0.39, 0.29) is 18.4 Å². The first-order valence-electron chi connectivity index (χ1n) is 10.8. The third kappa shape index (κ3) is 4.95.